The Bertz CT molecular complexity index is 435. The number of amides is 2. The van der Waals surface area contributed by atoms with Crippen molar-refractivity contribution in [1.82, 2.24) is 10.6 Å². The number of unbranched alkanes of at least 4 members (excludes halogenated alkanes) is 2. The van der Waals surface area contributed by atoms with Gasteiger partial charge < -0.3 is 15.7 Å². The number of urea groups is 1. The molecule has 2 amide bonds. The highest BCUT2D eigenvalue weighted by Gasteiger charge is 2.31. The maximum atomic E-state index is 11.5. The van der Waals surface area contributed by atoms with Gasteiger partial charge in [0.1, 0.15) is 0 Å². The first-order chi connectivity index (χ1) is 9.42. The molecule has 0 bridgehead atoms. The Kier molecular flexibility index (Phi) is 6.77. The van der Waals surface area contributed by atoms with Crippen LogP contribution in [-0.2, 0) is 14.6 Å². The van der Waals surface area contributed by atoms with Crippen LogP contribution in [0.4, 0.5) is 4.79 Å². The number of hydrogen-bond donors (Lipinski definition) is 3. The largest absolute Gasteiger partial charge is 0.481 e. The third kappa shape index (κ3) is 6.23. The molecule has 0 aromatic carbocycles. The van der Waals surface area contributed by atoms with E-state index in [0.717, 1.165) is 6.42 Å². The first kappa shape index (κ1) is 16.7. The fraction of sp³-hybridized carbons (Fsp3) is 0.833. The number of hydrogen-bond acceptors (Lipinski definition) is 4. The minimum atomic E-state index is -3.02. The molecule has 3 N–H and O–H groups in total. The summed E-state index contributed by atoms with van der Waals surface area (Å²) in [6, 6.07) is -0.370. The molecular weight excluding hydrogens is 284 g/mol. The fourth-order valence-electron chi connectivity index (χ4n) is 2.14. The van der Waals surface area contributed by atoms with Gasteiger partial charge in [0, 0.05) is 19.5 Å². The number of carboxylic acid groups (broad SMARTS) is 1. The van der Waals surface area contributed by atoms with Gasteiger partial charge in [-0.25, -0.2) is 13.2 Å². The molecule has 0 aliphatic carbocycles. The molecular formula is C12H22N2O5S. The molecule has 0 spiro atoms. The van der Waals surface area contributed by atoms with Gasteiger partial charge in [-0.2, -0.15) is 0 Å². The molecule has 0 aromatic rings. The summed E-state index contributed by atoms with van der Waals surface area (Å²) in [5.74, 6) is -0.599. The zero-order chi connectivity index (χ0) is 15.0. The van der Waals surface area contributed by atoms with Crippen molar-refractivity contribution in [2.75, 3.05) is 18.8 Å². The Morgan fingerprint density at radius 3 is 2.50 bits per heavy atom. The van der Waals surface area contributed by atoms with E-state index >= 15 is 0 Å². The highest BCUT2D eigenvalue weighted by atomic mass is 32.2. The van der Waals surface area contributed by atoms with E-state index in [9.17, 15) is 18.0 Å². The van der Waals surface area contributed by atoms with Crippen LogP contribution in [0, 0.1) is 0 Å². The number of carbonyl (C=O) groups excluding carboxylic acids is 1. The quantitative estimate of drug-likeness (QED) is 0.565. The van der Waals surface area contributed by atoms with Crippen LogP contribution in [0.1, 0.15) is 38.5 Å². The van der Waals surface area contributed by atoms with E-state index in [4.69, 9.17) is 5.11 Å². The predicted molar refractivity (Wildman–Crippen MR) is 74.3 cm³/mol. The van der Waals surface area contributed by atoms with E-state index in [0.29, 0.717) is 32.2 Å². The second-order valence-corrected chi connectivity index (χ2v) is 7.37. The van der Waals surface area contributed by atoms with Gasteiger partial charge >= 0.3 is 12.0 Å². The van der Waals surface area contributed by atoms with Crippen LogP contribution in [0.2, 0.25) is 0 Å². The maximum absolute atomic E-state index is 11.5. The summed E-state index contributed by atoms with van der Waals surface area (Å²) in [5, 5.41) is 13.2. The minimum Gasteiger partial charge on any atom is -0.481 e. The summed E-state index contributed by atoms with van der Waals surface area (Å²) in [7, 11) is -3.02. The lowest BCUT2D eigenvalue weighted by atomic mass is 10.2. The van der Waals surface area contributed by atoms with Crippen LogP contribution in [0.15, 0.2) is 0 Å². The zero-order valence-electron chi connectivity index (χ0n) is 11.4. The number of rotatable bonds is 8. The summed E-state index contributed by atoms with van der Waals surface area (Å²) < 4.78 is 23.1. The normalized spacial score (nSPS) is 20.5. The van der Waals surface area contributed by atoms with E-state index < -0.39 is 21.1 Å². The molecule has 1 aliphatic heterocycles. The molecule has 1 heterocycles. The van der Waals surface area contributed by atoms with E-state index in [-0.39, 0.29) is 24.7 Å². The van der Waals surface area contributed by atoms with Gasteiger partial charge in [-0.3, -0.25) is 4.79 Å². The Balaban J connectivity index is 2.05. The van der Waals surface area contributed by atoms with Crippen LogP contribution in [-0.4, -0.2) is 49.6 Å². The fourth-order valence-corrected chi connectivity index (χ4v) is 3.90. The van der Waals surface area contributed by atoms with Gasteiger partial charge in [0.15, 0.2) is 9.84 Å². The monoisotopic (exact) mass is 306 g/mol. The highest BCUT2D eigenvalue weighted by molar-refractivity contribution is 7.92. The minimum absolute atomic E-state index is 0.145. The van der Waals surface area contributed by atoms with Crippen molar-refractivity contribution in [2.45, 2.75) is 43.8 Å². The molecule has 1 saturated heterocycles. The first-order valence-electron chi connectivity index (χ1n) is 6.87. The summed E-state index contributed by atoms with van der Waals surface area (Å²) in [5.41, 5.74) is 0. The van der Waals surface area contributed by atoms with Crippen LogP contribution in [0.3, 0.4) is 0 Å². The summed E-state index contributed by atoms with van der Waals surface area (Å²) in [6.45, 7) is 0.621. The number of nitrogens with one attached hydrogen (secondary N) is 2. The second-order valence-electron chi connectivity index (χ2n) is 4.97. The van der Waals surface area contributed by atoms with Gasteiger partial charge in [-0.15, -0.1) is 0 Å². The molecule has 8 heteroatoms. The summed E-state index contributed by atoms with van der Waals surface area (Å²) in [6.07, 6.45) is 3.47. The molecule has 1 aliphatic rings. The summed E-state index contributed by atoms with van der Waals surface area (Å²) >= 11 is 0. The van der Waals surface area contributed by atoms with Crippen molar-refractivity contribution >= 4 is 21.8 Å². The standard InChI is InChI=1S/C12H22N2O5S/c15-11(16)6-2-1-3-7-13-12(17)14-9-10-5-4-8-20(10,18)19/h10H,1-9H2,(H,15,16)(H2,13,14,17). The van der Waals surface area contributed by atoms with E-state index in [1.54, 1.807) is 0 Å². The van der Waals surface area contributed by atoms with Gasteiger partial charge in [0.25, 0.3) is 0 Å². The molecule has 7 nitrogen and oxygen atoms in total. The van der Waals surface area contributed by atoms with E-state index in [2.05, 4.69) is 10.6 Å². The van der Waals surface area contributed by atoms with Crippen molar-refractivity contribution in [2.24, 2.45) is 0 Å². The SMILES string of the molecule is O=C(O)CCCCCNC(=O)NCC1CCCS1(=O)=O. The number of carboxylic acids is 1. The third-order valence-corrected chi connectivity index (χ3v) is 5.58. The Morgan fingerprint density at radius 1 is 1.15 bits per heavy atom. The van der Waals surface area contributed by atoms with Crippen LogP contribution >= 0.6 is 0 Å². The highest BCUT2D eigenvalue weighted by Crippen LogP contribution is 2.18. The van der Waals surface area contributed by atoms with Crippen molar-refractivity contribution in [3.8, 4) is 0 Å². The lowest BCUT2D eigenvalue weighted by Gasteiger charge is -2.11. The van der Waals surface area contributed by atoms with Crippen molar-refractivity contribution in [3.05, 3.63) is 0 Å². The van der Waals surface area contributed by atoms with Crippen LogP contribution in [0.5, 0.6) is 0 Å². The predicted octanol–water partition coefficient (Wildman–Crippen LogP) is 0.508. The molecule has 20 heavy (non-hydrogen) atoms. The second kappa shape index (κ2) is 8.08. The molecule has 0 aromatic heterocycles. The first-order valence-corrected chi connectivity index (χ1v) is 8.58. The van der Waals surface area contributed by atoms with Gasteiger partial charge in [-0.1, -0.05) is 6.42 Å². The smallest absolute Gasteiger partial charge is 0.314 e. The molecule has 1 fully saturated rings. The number of aliphatic carboxylic acids is 1. The van der Waals surface area contributed by atoms with Crippen molar-refractivity contribution < 1.29 is 23.1 Å². The Labute approximate surface area is 119 Å². The van der Waals surface area contributed by atoms with Crippen LogP contribution in [0.25, 0.3) is 0 Å². The van der Waals surface area contributed by atoms with Crippen LogP contribution < -0.4 is 10.6 Å². The topological polar surface area (TPSA) is 113 Å². The molecule has 0 radical (unpaired) electrons. The van der Waals surface area contributed by atoms with Gasteiger partial charge in [0.05, 0.1) is 11.0 Å². The molecule has 0 saturated carbocycles. The Hall–Kier alpha value is -1.31. The van der Waals surface area contributed by atoms with Crippen molar-refractivity contribution in [1.29, 1.82) is 0 Å². The zero-order valence-corrected chi connectivity index (χ0v) is 12.2. The number of sulfone groups is 1. The third-order valence-electron chi connectivity index (χ3n) is 3.31. The average molecular weight is 306 g/mol. The maximum Gasteiger partial charge on any atom is 0.314 e. The van der Waals surface area contributed by atoms with Gasteiger partial charge in [0.2, 0.25) is 0 Å². The van der Waals surface area contributed by atoms with E-state index in [1.807, 2.05) is 0 Å². The molecule has 116 valence electrons. The van der Waals surface area contributed by atoms with Gasteiger partial charge in [-0.05, 0) is 25.7 Å². The molecule has 1 atom stereocenters. The average Bonchev–Trinajstić information content (AvgIpc) is 2.70. The van der Waals surface area contributed by atoms with Crippen molar-refractivity contribution in [3.63, 3.8) is 0 Å². The van der Waals surface area contributed by atoms with E-state index in [1.165, 1.54) is 0 Å². The molecule has 1 rings (SSSR count). The Morgan fingerprint density at radius 2 is 1.90 bits per heavy atom. The lowest BCUT2D eigenvalue weighted by Crippen LogP contribution is -2.41. The molecule has 1 unspecified atom stereocenters. The summed E-state index contributed by atoms with van der Waals surface area (Å²) in [4.78, 5) is 21.7. The lowest BCUT2D eigenvalue weighted by molar-refractivity contribution is -0.137. The number of carbonyl (C=O) groups is 2.